The van der Waals surface area contributed by atoms with Crippen molar-refractivity contribution < 1.29 is 23.0 Å². The maximum absolute atomic E-state index is 12.6. The lowest BCUT2D eigenvalue weighted by Crippen LogP contribution is -2.45. The van der Waals surface area contributed by atoms with Gasteiger partial charge in [0.1, 0.15) is 11.6 Å². The number of urea groups is 1. The highest BCUT2D eigenvalue weighted by Gasteiger charge is 2.23. The summed E-state index contributed by atoms with van der Waals surface area (Å²) >= 11 is 0. The van der Waals surface area contributed by atoms with Crippen LogP contribution < -0.4 is 20.3 Å². The number of amides is 2. The van der Waals surface area contributed by atoms with Gasteiger partial charge in [-0.1, -0.05) is 18.2 Å². The molecule has 0 aliphatic carbocycles. The second kappa shape index (κ2) is 9.71. The first kappa shape index (κ1) is 21.8. The fraction of sp³-hybridized carbons (Fsp3) is 0.429. The van der Waals surface area contributed by atoms with Crippen LogP contribution in [0.2, 0.25) is 0 Å². The van der Waals surface area contributed by atoms with Crippen LogP contribution in [0, 0.1) is 6.92 Å². The van der Waals surface area contributed by atoms with Crippen molar-refractivity contribution in [2.24, 2.45) is 0 Å². The summed E-state index contributed by atoms with van der Waals surface area (Å²) < 4.78 is 35.4. The average molecular weight is 420 g/mol. The lowest BCUT2D eigenvalue weighted by atomic mass is 10.2. The number of aryl methyl sites for hydroxylation is 1. The van der Waals surface area contributed by atoms with E-state index in [-0.39, 0.29) is 30.2 Å². The summed E-state index contributed by atoms with van der Waals surface area (Å²) in [6, 6.07) is 7.94. The molecule has 30 heavy (non-hydrogen) atoms. The van der Waals surface area contributed by atoms with Gasteiger partial charge in [0.15, 0.2) is 0 Å². The first-order chi connectivity index (χ1) is 14.3. The molecule has 0 spiro atoms. The minimum Gasteiger partial charge on any atom is -0.433 e. The standard InChI is InChI=1S/C21H26F2N4O3/c1-13-5-4-6-17(30-20(22)23)19(13)26-21(28)25-10-16-7-8-18(24-9-16)27-11-14(2)29-15(3)12-27/h4-9,14-15,20H,10-12H2,1-3H3,(H2,25,26,28). The van der Waals surface area contributed by atoms with E-state index in [1.807, 2.05) is 26.0 Å². The first-order valence-electron chi connectivity index (χ1n) is 9.76. The molecule has 1 fully saturated rings. The third-order valence-electron chi connectivity index (χ3n) is 4.69. The molecule has 1 aromatic heterocycles. The number of benzene rings is 1. The zero-order valence-corrected chi connectivity index (χ0v) is 17.2. The monoisotopic (exact) mass is 420 g/mol. The number of halogens is 2. The van der Waals surface area contributed by atoms with Gasteiger partial charge < -0.3 is 25.0 Å². The van der Waals surface area contributed by atoms with Crippen LogP contribution in [0.1, 0.15) is 25.0 Å². The molecule has 162 valence electrons. The molecule has 1 aliphatic rings. The minimum atomic E-state index is -2.97. The molecule has 7 nitrogen and oxygen atoms in total. The molecule has 2 N–H and O–H groups in total. The number of carbonyl (C=O) groups is 1. The zero-order valence-electron chi connectivity index (χ0n) is 17.2. The maximum Gasteiger partial charge on any atom is 0.387 e. The zero-order chi connectivity index (χ0) is 21.7. The number of ether oxygens (including phenoxy) is 2. The number of pyridine rings is 1. The molecule has 2 heterocycles. The molecule has 1 saturated heterocycles. The molecular weight excluding hydrogens is 394 g/mol. The number of aromatic nitrogens is 1. The van der Waals surface area contributed by atoms with E-state index in [2.05, 4.69) is 25.3 Å². The van der Waals surface area contributed by atoms with Crippen LogP contribution in [0.4, 0.5) is 25.1 Å². The fourth-order valence-corrected chi connectivity index (χ4v) is 3.41. The molecule has 9 heteroatoms. The number of anilines is 2. The smallest absolute Gasteiger partial charge is 0.387 e. The quantitative estimate of drug-likeness (QED) is 0.741. The van der Waals surface area contributed by atoms with E-state index in [1.54, 1.807) is 25.3 Å². The van der Waals surface area contributed by atoms with Gasteiger partial charge in [-0.15, -0.1) is 0 Å². The molecule has 1 aliphatic heterocycles. The highest BCUT2D eigenvalue weighted by atomic mass is 19.3. The van der Waals surface area contributed by atoms with Crippen LogP contribution >= 0.6 is 0 Å². The van der Waals surface area contributed by atoms with E-state index in [4.69, 9.17) is 4.74 Å². The van der Waals surface area contributed by atoms with Gasteiger partial charge in [-0.3, -0.25) is 0 Å². The van der Waals surface area contributed by atoms with Crippen molar-refractivity contribution in [2.45, 2.75) is 46.1 Å². The lowest BCUT2D eigenvalue weighted by Gasteiger charge is -2.36. The van der Waals surface area contributed by atoms with E-state index < -0.39 is 12.6 Å². The summed E-state index contributed by atoms with van der Waals surface area (Å²) in [7, 11) is 0. The maximum atomic E-state index is 12.6. The summed E-state index contributed by atoms with van der Waals surface area (Å²) in [5, 5.41) is 5.28. The highest BCUT2D eigenvalue weighted by Crippen LogP contribution is 2.29. The summed E-state index contributed by atoms with van der Waals surface area (Å²) in [5.41, 5.74) is 1.64. The Balaban J connectivity index is 1.57. The molecule has 2 amide bonds. The number of carbonyl (C=O) groups excluding carboxylic acids is 1. The number of hydrogen-bond acceptors (Lipinski definition) is 5. The second-order valence-electron chi connectivity index (χ2n) is 7.32. The number of hydrogen-bond donors (Lipinski definition) is 2. The van der Waals surface area contributed by atoms with Crippen LogP contribution in [-0.4, -0.2) is 42.9 Å². The van der Waals surface area contributed by atoms with Gasteiger partial charge in [0.2, 0.25) is 0 Å². The summed E-state index contributed by atoms with van der Waals surface area (Å²) in [6.07, 6.45) is 1.99. The van der Waals surface area contributed by atoms with Gasteiger partial charge in [0, 0.05) is 25.8 Å². The van der Waals surface area contributed by atoms with Crippen LogP contribution in [0.15, 0.2) is 36.5 Å². The van der Waals surface area contributed by atoms with Crippen molar-refractivity contribution in [2.75, 3.05) is 23.3 Å². The van der Waals surface area contributed by atoms with Crippen molar-refractivity contribution >= 4 is 17.5 Å². The van der Waals surface area contributed by atoms with Crippen LogP contribution in [-0.2, 0) is 11.3 Å². The Morgan fingerprint density at radius 3 is 2.63 bits per heavy atom. The van der Waals surface area contributed by atoms with Crippen LogP contribution in [0.3, 0.4) is 0 Å². The van der Waals surface area contributed by atoms with Crippen molar-refractivity contribution in [3.05, 3.63) is 47.7 Å². The van der Waals surface area contributed by atoms with E-state index >= 15 is 0 Å². The molecule has 2 atom stereocenters. The number of morpholine rings is 1. The second-order valence-corrected chi connectivity index (χ2v) is 7.32. The molecule has 2 unspecified atom stereocenters. The Morgan fingerprint density at radius 2 is 2.00 bits per heavy atom. The third kappa shape index (κ3) is 5.79. The molecule has 3 rings (SSSR count). The Morgan fingerprint density at radius 1 is 1.27 bits per heavy atom. The Kier molecular flexibility index (Phi) is 7.04. The normalized spacial score (nSPS) is 18.9. The van der Waals surface area contributed by atoms with Gasteiger partial charge in [0.25, 0.3) is 0 Å². The molecule has 0 radical (unpaired) electrons. The molecular formula is C21H26F2N4O3. The average Bonchev–Trinajstić information content (AvgIpc) is 2.68. The number of para-hydroxylation sites is 1. The molecule has 0 bridgehead atoms. The Bertz CT molecular complexity index is 854. The molecule has 1 aromatic carbocycles. The topological polar surface area (TPSA) is 75.7 Å². The van der Waals surface area contributed by atoms with E-state index in [0.717, 1.165) is 24.5 Å². The van der Waals surface area contributed by atoms with E-state index in [9.17, 15) is 13.6 Å². The number of rotatable bonds is 6. The fourth-order valence-electron chi connectivity index (χ4n) is 3.41. The first-order valence-corrected chi connectivity index (χ1v) is 9.76. The van der Waals surface area contributed by atoms with Gasteiger partial charge >= 0.3 is 12.6 Å². The van der Waals surface area contributed by atoms with Crippen molar-refractivity contribution in [3.8, 4) is 5.75 Å². The Labute approximate surface area is 174 Å². The SMILES string of the molecule is Cc1cccc(OC(F)F)c1NC(=O)NCc1ccc(N2CC(C)OC(C)C2)nc1. The summed E-state index contributed by atoms with van der Waals surface area (Å²) in [5.74, 6) is 0.777. The molecule has 0 saturated carbocycles. The third-order valence-corrected chi connectivity index (χ3v) is 4.69. The lowest BCUT2D eigenvalue weighted by molar-refractivity contribution is -0.0493. The predicted molar refractivity (Wildman–Crippen MR) is 110 cm³/mol. The predicted octanol–water partition coefficient (Wildman–Crippen LogP) is 3.93. The van der Waals surface area contributed by atoms with Gasteiger partial charge in [-0.2, -0.15) is 8.78 Å². The van der Waals surface area contributed by atoms with Gasteiger partial charge in [0.05, 0.1) is 17.9 Å². The van der Waals surface area contributed by atoms with Crippen LogP contribution in [0.5, 0.6) is 5.75 Å². The van der Waals surface area contributed by atoms with Crippen molar-refractivity contribution in [3.63, 3.8) is 0 Å². The highest BCUT2D eigenvalue weighted by molar-refractivity contribution is 5.91. The minimum absolute atomic E-state index is 0.0832. The number of alkyl halides is 2. The van der Waals surface area contributed by atoms with Crippen LogP contribution in [0.25, 0.3) is 0 Å². The van der Waals surface area contributed by atoms with Gasteiger partial charge in [-0.25, -0.2) is 9.78 Å². The number of nitrogens with zero attached hydrogens (tertiary/aromatic N) is 2. The summed E-state index contributed by atoms with van der Waals surface area (Å²) in [4.78, 5) is 18.9. The Hall–Kier alpha value is -2.94. The largest absolute Gasteiger partial charge is 0.433 e. The van der Waals surface area contributed by atoms with E-state index in [0.29, 0.717) is 5.56 Å². The summed E-state index contributed by atoms with van der Waals surface area (Å²) in [6.45, 7) is 4.58. The molecule has 2 aromatic rings. The van der Waals surface area contributed by atoms with E-state index in [1.165, 1.54) is 6.07 Å². The van der Waals surface area contributed by atoms with Crippen molar-refractivity contribution in [1.29, 1.82) is 0 Å². The number of nitrogens with one attached hydrogen (secondary N) is 2. The van der Waals surface area contributed by atoms with Crippen molar-refractivity contribution in [1.82, 2.24) is 10.3 Å². The van der Waals surface area contributed by atoms with Gasteiger partial charge in [-0.05, 0) is 44.0 Å².